The molecule has 23 heavy (non-hydrogen) atoms. The van der Waals surface area contributed by atoms with Gasteiger partial charge in [0, 0.05) is 19.6 Å². The molecule has 5 nitrogen and oxygen atoms in total. The monoisotopic (exact) mass is 347 g/mol. The first-order valence-electron chi connectivity index (χ1n) is 9.10. The van der Waals surface area contributed by atoms with Crippen molar-refractivity contribution in [1.82, 2.24) is 14.3 Å². The van der Waals surface area contributed by atoms with Crippen LogP contribution in [0.15, 0.2) is 0 Å². The van der Waals surface area contributed by atoms with E-state index in [0.717, 1.165) is 38.8 Å². The molecular formula is C17H37N3O2S. The highest BCUT2D eigenvalue weighted by Crippen LogP contribution is 2.27. The van der Waals surface area contributed by atoms with E-state index in [1.807, 2.05) is 0 Å². The largest absolute Gasteiger partial charge is 0.317 e. The van der Waals surface area contributed by atoms with Gasteiger partial charge in [-0.05, 0) is 56.0 Å². The summed E-state index contributed by atoms with van der Waals surface area (Å²) in [6.45, 7) is 14.4. The topological polar surface area (TPSA) is 61.4 Å². The fourth-order valence-electron chi connectivity index (χ4n) is 2.72. The minimum Gasteiger partial charge on any atom is -0.317 e. The number of nitrogens with one attached hydrogen (secondary N) is 2. The Bertz CT molecular complexity index is 417. The molecule has 0 aromatic heterocycles. The predicted octanol–water partition coefficient (Wildman–Crippen LogP) is 2.60. The average Bonchev–Trinajstić information content (AvgIpc) is 2.45. The van der Waals surface area contributed by atoms with E-state index in [9.17, 15) is 8.42 Å². The molecule has 0 spiro atoms. The third-order valence-corrected chi connectivity index (χ3v) is 6.30. The van der Waals surface area contributed by atoms with Crippen molar-refractivity contribution in [2.45, 2.75) is 60.3 Å². The van der Waals surface area contributed by atoms with E-state index in [2.05, 4.69) is 44.7 Å². The quantitative estimate of drug-likeness (QED) is 0.638. The molecule has 0 bridgehead atoms. The molecule has 0 aromatic carbocycles. The molecule has 0 aliphatic carbocycles. The Labute approximate surface area is 143 Å². The Morgan fingerprint density at radius 2 is 1.52 bits per heavy atom. The Balaban J connectivity index is 2.64. The summed E-state index contributed by atoms with van der Waals surface area (Å²) in [5, 5.41) is 3.34. The van der Waals surface area contributed by atoms with Crippen molar-refractivity contribution in [3.63, 3.8) is 0 Å². The molecule has 0 atom stereocenters. The normalized spacial score (nSPS) is 19.0. The molecule has 1 heterocycles. The van der Waals surface area contributed by atoms with Crippen LogP contribution >= 0.6 is 0 Å². The van der Waals surface area contributed by atoms with Crippen LogP contribution in [-0.2, 0) is 10.2 Å². The van der Waals surface area contributed by atoms with E-state index in [1.165, 1.54) is 0 Å². The van der Waals surface area contributed by atoms with Crippen LogP contribution in [0.3, 0.4) is 0 Å². The highest BCUT2D eigenvalue weighted by atomic mass is 32.2. The Morgan fingerprint density at radius 3 is 1.96 bits per heavy atom. The van der Waals surface area contributed by atoms with Gasteiger partial charge in [-0.1, -0.05) is 34.6 Å². The van der Waals surface area contributed by atoms with Crippen LogP contribution in [0.5, 0.6) is 0 Å². The fraction of sp³-hybridized carbons (Fsp3) is 1.00. The van der Waals surface area contributed by atoms with E-state index in [-0.39, 0.29) is 5.41 Å². The SMILES string of the molecule is CC(C)CCN(CCC(C)C)S(=O)(=O)NCC1(C)CCNCC1. The van der Waals surface area contributed by atoms with E-state index >= 15 is 0 Å². The number of rotatable bonds is 10. The summed E-state index contributed by atoms with van der Waals surface area (Å²) in [5.74, 6) is 1.02. The summed E-state index contributed by atoms with van der Waals surface area (Å²) in [5.41, 5.74) is 0.0695. The van der Waals surface area contributed by atoms with Gasteiger partial charge in [-0.15, -0.1) is 0 Å². The minimum absolute atomic E-state index is 0.0695. The second kappa shape index (κ2) is 9.35. The molecule has 1 saturated heterocycles. The molecule has 1 aliphatic rings. The summed E-state index contributed by atoms with van der Waals surface area (Å²) >= 11 is 0. The van der Waals surface area contributed by atoms with Crippen molar-refractivity contribution in [1.29, 1.82) is 0 Å². The molecule has 0 amide bonds. The van der Waals surface area contributed by atoms with Crippen LogP contribution in [0.2, 0.25) is 0 Å². The average molecular weight is 348 g/mol. The minimum atomic E-state index is -3.39. The first kappa shape index (κ1) is 20.9. The number of hydrogen-bond donors (Lipinski definition) is 2. The highest BCUT2D eigenvalue weighted by molar-refractivity contribution is 7.87. The maximum Gasteiger partial charge on any atom is 0.279 e. The molecule has 1 rings (SSSR count). The van der Waals surface area contributed by atoms with Crippen LogP contribution in [0.4, 0.5) is 0 Å². The van der Waals surface area contributed by atoms with Crippen molar-refractivity contribution in [3.8, 4) is 0 Å². The second-order valence-corrected chi connectivity index (χ2v) is 9.91. The van der Waals surface area contributed by atoms with E-state index in [4.69, 9.17) is 0 Å². The molecule has 1 fully saturated rings. The lowest BCUT2D eigenvalue weighted by molar-refractivity contribution is 0.229. The van der Waals surface area contributed by atoms with Gasteiger partial charge in [-0.2, -0.15) is 12.7 Å². The van der Waals surface area contributed by atoms with Gasteiger partial charge in [0.05, 0.1) is 0 Å². The van der Waals surface area contributed by atoms with Crippen molar-refractivity contribution < 1.29 is 8.42 Å². The van der Waals surface area contributed by atoms with E-state index in [1.54, 1.807) is 4.31 Å². The number of piperidine rings is 1. The molecule has 6 heteroatoms. The Kier molecular flexibility index (Phi) is 8.48. The van der Waals surface area contributed by atoms with Gasteiger partial charge in [-0.3, -0.25) is 0 Å². The molecule has 1 aliphatic heterocycles. The second-order valence-electron chi connectivity index (χ2n) is 8.15. The Hall–Kier alpha value is -0.170. The summed E-state index contributed by atoms with van der Waals surface area (Å²) in [7, 11) is -3.39. The third-order valence-electron chi connectivity index (χ3n) is 4.74. The molecule has 2 N–H and O–H groups in total. The highest BCUT2D eigenvalue weighted by Gasteiger charge is 2.30. The summed E-state index contributed by atoms with van der Waals surface area (Å²) in [6, 6.07) is 0. The Morgan fingerprint density at radius 1 is 1.04 bits per heavy atom. The van der Waals surface area contributed by atoms with Gasteiger partial charge < -0.3 is 5.32 Å². The van der Waals surface area contributed by atoms with Gasteiger partial charge in [0.15, 0.2) is 0 Å². The standard InChI is InChI=1S/C17H37N3O2S/c1-15(2)6-12-20(13-7-16(3)4)23(21,22)19-14-17(5)8-10-18-11-9-17/h15-16,18-19H,6-14H2,1-5H3. The third kappa shape index (κ3) is 7.96. The van der Waals surface area contributed by atoms with Crippen molar-refractivity contribution in [3.05, 3.63) is 0 Å². The van der Waals surface area contributed by atoms with Crippen LogP contribution < -0.4 is 10.0 Å². The fourth-order valence-corrected chi connectivity index (χ4v) is 4.13. The zero-order valence-electron chi connectivity index (χ0n) is 15.7. The van der Waals surface area contributed by atoms with Crippen LogP contribution in [0.25, 0.3) is 0 Å². The predicted molar refractivity (Wildman–Crippen MR) is 97.6 cm³/mol. The van der Waals surface area contributed by atoms with Gasteiger partial charge in [0.25, 0.3) is 10.2 Å². The summed E-state index contributed by atoms with van der Waals surface area (Å²) in [4.78, 5) is 0. The van der Waals surface area contributed by atoms with Crippen LogP contribution in [-0.4, -0.2) is 45.4 Å². The molecule has 0 aromatic rings. The molecule has 0 saturated carbocycles. The smallest absolute Gasteiger partial charge is 0.279 e. The van der Waals surface area contributed by atoms with Gasteiger partial charge in [-0.25, -0.2) is 4.72 Å². The molecule has 0 unspecified atom stereocenters. The zero-order chi connectivity index (χ0) is 17.5. The lowest BCUT2D eigenvalue weighted by Gasteiger charge is -2.35. The van der Waals surface area contributed by atoms with Crippen molar-refractivity contribution in [2.24, 2.45) is 17.3 Å². The maximum atomic E-state index is 12.7. The molecule has 138 valence electrons. The summed E-state index contributed by atoms with van der Waals surface area (Å²) in [6.07, 6.45) is 3.85. The van der Waals surface area contributed by atoms with Gasteiger partial charge in [0.1, 0.15) is 0 Å². The maximum absolute atomic E-state index is 12.7. The lowest BCUT2D eigenvalue weighted by atomic mass is 9.81. The van der Waals surface area contributed by atoms with Crippen molar-refractivity contribution in [2.75, 3.05) is 32.7 Å². The van der Waals surface area contributed by atoms with Crippen LogP contribution in [0, 0.1) is 17.3 Å². The van der Waals surface area contributed by atoms with Crippen LogP contribution in [0.1, 0.15) is 60.3 Å². The van der Waals surface area contributed by atoms with E-state index in [0.29, 0.717) is 31.5 Å². The first-order valence-corrected chi connectivity index (χ1v) is 10.5. The number of nitrogens with zero attached hydrogens (tertiary/aromatic N) is 1. The van der Waals surface area contributed by atoms with E-state index < -0.39 is 10.2 Å². The zero-order valence-corrected chi connectivity index (χ0v) is 16.5. The lowest BCUT2D eigenvalue weighted by Crippen LogP contribution is -2.48. The summed E-state index contributed by atoms with van der Waals surface area (Å²) < 4.78 is 30.0. The molecule has 0 radical (unpaired) electrons. The van der Waals surface area contributed by atoms with Gasteiger partial charge >= 0.3 is 0 Å². The molecular weight excluding hydrogens is 310 g/mol. The van der Waals surface area contributed by atoms with Crippen molar-refractivity contribution >= 4 is 10.2 Å². The number of hydrogen-bond acceptors (Lipinski definition) is 3. The van der Waals surface area contributed by atoms with Gasteiger partial charge in [0.2, 0.25) is 0 Å². The first-order chi connectivity index (χ1) is 10.6.